The second-order valence-corrected chi connectivity index (χ2v) is 7.20. The van der Waals surface area contributed by atoms with E-state index in [4.69, 9.17) is 26.2 Å². The molecule has 0 aliphatic heterocycles. The fraction of sp³-hybridized carbons (Fsp3) is 0.158. The highest BCUT2D eigenvalue weighted by molar-refractivity contribution is 7.99. The Morgan fingerprint density at radius 1 is 1.04 bits per heavy atom. The molecule has 0 saturated carbocycles. The van der Waals surface area contributed by atoms with E-state index in [-0.39, 0.29) is 6.10 Å². The van der Waals surface area contributed by atoms with Crippen LogP contribution >= 0.6 is 23.4 Å². The first-order chi connectivity index (χ1) is 13.1. The predicted octanol–water partition coefficient (Wildman–Crippen LogP) is 5.41. The molecule has 0 unspecified atom stereocenters. The van der Waals surface area contributed by atoms with Gasteiger partial charge in [-0.2, -0.15) is 0 Å². The minimum Gasteiger partial charge on any atom is -0.491 e. The van der Waals surface area contributed by atoms with Crippen LogP contribution in [0.25, 0.3) is 0 Å². The van der Waals surface area contributed by atoms with Gasteiger partial charge in [0.1, 0.15) is 10.8 Å². The normalized spacial score (nSPS) is 10.7. The molecule has 3 aromatic rings. The summed E-state index contributed by atoms with van der Waals surface area (Å²) in [5, 5.41) is 1.17. The number of nitrogens with one attached hydrogen (secondary N) is 1. The lowest BCUT2D eigenvalue weighted by Gasteiger charge is -2.12. The van der Waals surface area contributed by atoms with E-state index in [9.17, 15) is 0 Å². The smallest absolute Gasteiger partial charge is 0.168 e. The van der Waals surface area contributed by atoms with E-state index in [2.05, 4.69) is 15.4 Å². The summed E-state index contributed by atoms with van der Waals surface area (Å²) in [4.78, 5) is 19.7. The number of pyridine rings is 2. The van der Waals surface area contributed by atoms with E-state index in [1.165, 1.54) is 11.8 Å². The number of halogens is 1. The van der Waals surface area contributed by atoms with Crippen molar-refractivity contribution in [2.24, 2.45) is 0 Å². The van der Waals surface area contributed by atoms with Crippen LogP contribution in [0.4, 0.5) is 5.69 Å². The molecule has 0 aliphatic rings. The van der Waals surface area contributed by atoms with Gasteiger partial charge in [-0.15, -0.1) is 0 Å². The average molecular weight is 404 g/mol. The van der Waals surface area contributed by atoms with Crippen molar-refractivity contribution in [2.45, 2.75) is 29.9 Å². The van der Waals surface area contributed by atoms with Crippen molar-refractivity contribution in [3.05, 3.63) is 66.1 Å². The predicted molar refractivity (Wildman–Crippen MR) is 105 cm³/mol. The molecule has 0 spiro atoms. The monoisotopic (exact) mass is 403 g/mol. The quantitative estimate of drug-likeness (QED) is 0.398. The van der Waals surface area contributed by atoms with Crippen molar-refractivity contribution in [2.75, 3.05) is 5.48 Å². The maximum atomic E-state index is 6.04. The van der Waals surface area contributed by atoms with Crippen molar-refractivity contribution in [3.63, 3.8) is 0 Å². The molecule has 3 rings (SSSR count). The molecule has 0 aliphatic carbocycles. The number of aromatic nitrogens is 2. The van der Waals surface area contributed by atoms with Gasteiger partial charge in [0.05, 0.1) is 16.8 Å². The Morgan fingerprint density at radius 3 is 2.44 bits per heavy atom. The highest BCUT2D eigenvalue weighted by Gasteiger charge is 2.09. The standard InChI is InChI=1S/C19H18ClN3O3S/c1-13(2)24-15-3-5-16(6-4-15)25-26-23-18-11-14(20)12-22-19(18)27-17-7-9-21-10-8-17/h3-13,23H,1-2H3. The molecule has 0 radical (unpaired) electrons. The van der Waals surface area contributed by atoms with Crippen molar-refractivity contribution >= 4 is 29.1 Å². The highest BCUT2D eigenvalue weighted by Crippen LogP contribution is 2.33. The lowest BCUT2D eigenvalue weighted by molar-refractivity contribution is -0.179. The molecule has 140 valence electrons. The van der Waals surface area contributed by atoms with Crippen LogP contribution in [-0.4, -0.2) is 16.1 Å². The molecule has 0 fully saturated rings. The van der Waals surface area contributed by atoms with Crippen LogP contribution in [0.1, 0.15) is 13.8 Å². The van der Waals surface area contributed by atoms with Crippen LogP contribution in [0, 0.1) is 0 Å². The molecule has 2 aromatic heterocycles. The molecule has 2 heterocycles. The van der Waals surface area contributed by atoms with E-state index in [1.54, 1.807) is 36.8 Å². The van der Waals surface area contributed by atoms with Crippen LogP contribution in [0.15, 0.2) is 71.0 Å². The van der Waals surface area contributed by atoms with E-state index >= 15 is 0 Å². The van der Waals surface area contributed by atoms with Crippen LogP contribution in [0.2, 0.25) is 5.02 Å². The van der Waals surface area contributed by atoms with Crippen molar-refractivity contribution < 1.29 is 14.6 Å². The van der Waals surface area contributed by atoms with Crippen molar-refractivity contribution in [3.8, 4) is 11.5 Å². The van der Waals surface area contributed by atoms with Gasteiger partial charge >= 0.3 is 0 Å². The van der Waals surface area contributed by atoms with Crippen LogP contribution in [-0.2, 0) is 4.99 Å². The van der Waals surface area contributed by atoms with Gasteiger partial charge in [0.15, 0.2) is 5.75 Å². The van der Waals surface area contributed by atoms with Gasteiger partial charge in [-0.05, 0) is 56.3 Å². The van der Waals surface area contributed by atoms with Gasteiger partial charge in [0.25, 0.3) is 0 Å². The molecule has 6 nitrogen and oxygen atoms in total. The van der Waals surface area contributed by atoms with Crippen molar-refractivity contribution in [1.29, 1.82) is 0 Å². The molecule has 0 amide bonds. The zero-order valence-electron chi connectivity index (χ0n) is 14.8. The lowest BCUT2D eigenvalue weighted by atomic mass is 10.3. The molecule has 1 N–H and O–H groups in total. The summed E-state index contributed by atoms with van der Waals surface area (Å²) < 4.78 is 5.59. The first-order valence-electron chi connectivity index (χ1n) is 8.20. The van der Waals surface area contributed by atoms with E-state index in [0.717, 1.165) is 10.6 Å². The summed E-state index contributed by atoms with van der Waals surface area (Å²) in [6, 6.07) is 12.6. The minimum absolute atomic E-state index is 0.112. The summed E-state index contributed by atoms with van der Waals surface area (Å²) in [7, 11) is 0. The van der Waals surface area contributed by atoms with Gasteiger partial charge in [-0.25, -0.2) is 10.5 Å². The number of hydrogen-bond donors (Lipinski definition) is 1. The Labute approximate surface area is 166 Å². The zero-order chi connectivity index (χ0) is 19.1. The summed E-state index contributed by atoms with van der Waals surface area (Å²) in [5.41, 5.74) is 3.32. The number of rotatable bonds is 8. The SMILES string of the molecule is CC(C)Oc1ccc(OONc2cc(Cl)cnc2Sc2ccncc2)cc1. The van der Waals surface area contributed by atoms with Gasteiger partial charge < -0.3 is 9.62 Å². The van der Waals surface area contributed by atoms with Crippen LogP contribution in [0.5, 0.6) is 11.5 Å². The van der Waals surface area contributed by atoms with Crippen LogP contribution in [0.3, 0.4) is 0 Å². The highest BCUT2D eigenvalue weighted by atomic mass is 35.5. The number of nitrogens with zero attached hydrogens (tertiary/aromatic N) is 2. The third-order valence-electron chi connectivity index (χ3n) is 3.17. The second kappa shape index (κ2) is 9.45. The van der Waals surface area contributed by atoms with E-state index in [0.29, 0.717) is 21.5 Å². The number of hydrogen-bond acceptors (Lipinski definition) is 7. The third kappa shape index (κ3) is 6.02. The topological polar surface area (TPSA) is 65.5 Å². The Morgan fingerprint density at radius 2 is 1.74 bits per heavy atom. The molecule has 8 heteroatoms. The van der Waals surface area contributed by atoms with E-state index in [1.807, 2.05) is 38.1 Å². The fourth-order valence-corrected chi connectivity index (χ4v) is 3.01. The molecule has 1 aromatic carbocycles. The zero-order valence-corrected chi connectivity index (χ0v) is 16.3. The number of anilines is 1. The molecule has 0 atom stereocenters. The molecular weight excluding hydrogens is 386 g/mol. The van der Waals surface area contributed by atoms with Crippen molar-refractivity contribution in [1.82, 2.24) is 9.97 Å². The maximum Gasteiger partial charge on any atom is 0.168 e. The Bertz CT molecular complexity index is 864. The number of ether oxygens (including phenoxy) is 1. The largest absolute Gasteiger partial charge is 0.491 e. The minimum atomic E-state index is 0.112. The summed E-state index contributed by atoms with van der Waals surface area (Å²) in [6.45, 7) is 3.94. The Hall–Kier alpha value is -2.48. The van der Waals surface area contributed by atoms with Gasteiger partial charge in [0, 0.05) is 23.5 Å². The molecule has 0 saturated heterocycles. The molecule has 0 bridgehead atoms. The maximum absolute atomic E-state index is 6.04. The van der Waals surface area contributed by atoms with Gasteiger partial charge in [-0.3, -0.25) is 4.98 Å². The second-order valence-electron chi connectivity index (χ2n) is 5.70. The van der Waals surface area contributed by atoms with Crippen LogP contribution < -0.4 is 15.1 Å². The summed E-state index contributed by atoms with van der Waals surface area (Å²) in [6.07, 6.45) is 5.13. The summed E-state index contributed by atoms with van der Waals surface area (Å²) >= 11 is 7.50. The lowest BCUT2D eigenvalue weighted by Crippen LogP contribution is -2.07. The molecule has 27 heavy (non-hydrogen) atoms. The van der Waals surface area contributed by atoms with E-state index < -0.39 is 0 Å². The first kappa shape index (κ1) is 19.3. The third-order valence-corrected chi connectivity index (χ3v) is 4.40. The fourth-order valence-electron chi connectivity index (χ4n) is 2.06. The average Bonchev–Trinajstić information content (AvgIpc) is 2.66. The van der Waals surface area contributed by atoms with Gasteiger partial charge in [0.2, 0.25) is 0 Å². The Balaban J connectivity index is 1.61. The van der Waals surface area contributed by atoms with Gasteiger partial charge in [-0.1, -0.05) is 28.4 Å². The summed E-state index contributed by atoms with van der Waals surface area (Å²) in [5.74, 6) is 1.29. The Kier molecular flexibility index (Phi) is 6.75. The number of benzene rings is 1. The first-order valence-corrected chi connectivity index (χ1v) is 9.39. The molecular formula is C19H18ClN3O3S.